The highest BCUT2D eigenvalue weighted by atomic mass is 127. The molecule has 1 fully saturated rings. The lowest BCUT2D eigenvalue weighted by atomic mass is 9.89. The van der Waals surface area contributed by atoms with Crippen molar-refractivity contribution in [1.82, 2.24) is 10.6 Å². The maximum Gasteiger partial charge on any atom is 0.191 e. The molecule has 2 N–H and O–H groups in total. The number of hydrogen-bond acceptors (Lipinski definition) is 4. The molecule has 0 amide bonds. The molecule has 1 aromatic carbocycles. The molecule has 0 saturated carbocycles. The minimum absolute atomic E-state index is 0. The Morgan fingerprint density at radius 1 is 1.20 bits per heavy atom. The van der Waals surface area contributed by atoms with Crippen LogP contribution in [-0.2, 0) is 27.4 Å². The van der Waals surface area contributed by atoms with E-state index in [1.54, 1.807) is 7.11 Å². The van der Waals surface area contributed by atoms with E-state index in [-0.39, 0.29) is 35.5 Å². The summed E-state index contributed by atoms with van der Waals surface area (Å²) in [6.07, 6.45) is 2.39. The summed E-state index contributed by atoms with van der Waals surface area (Å²) >= 11 is 0. The van der Waals surface area contributed by atoms with Crippen LogP contribution >= 0.6 is 24.0 Å². The Bertz CT molecular complexity index is 628. The van der Waals surface area contributed by atoms with Crippen LogP contribution in [0.3, 0.4) is 0 Å². The van der Waals surface area contributed by atoms with E-state index < -0.39 is 0 Å². The van der Waals surface area contributed by atoms with Crippen molar-refractivity contribution in [3.63, 3.8) is 0 Å². The average Bonchev–Trinajstić information content (AvgIpc) is 2.71. The lowest BCUT2D eigenvalue weighted by molar-refractivity contribution is -0.0390. The van der Waals surface area contributed by atoms with E-state index in [2.05, 4.69) is 62.6 Å². The molecule has 0 bridgehead atoms. The normalized spacial score (nSPS) is 16.6. The molecule has 1 aromatic rings. The van der Waals surface area contributed by atoms with E-state index in [1.807, 2.05) is 0 Å². The minimum Gasteiger partial charge on any atom is -0.381 e. The van der Waals surface area contributed by atoms with Crippen molar-refractivity contribution in [2.45, 2.75) is 65.9 Å². The van der Waals surface area contributed by atoms with Crippen LogP contribution in [0, 0.1) is 5.41 Å². The highest BCUT2D eigenvalue weighted by Gasteiger charge is 2.24. The monoisotopic (exact) mass is 533 g/mol. The summed E-state index contributed by atoms with van der Waals surface area (Å²) < 4.78 is 17.1. The molecule has 1 unspecified atom stereocenters. The summed E-state index contributed by atoms with van der Waals surface area (Å²) in [4.78, 5) is 4.74. The SMILES string of the molecule is CCNC(=NCc1cccc(COC2CCOCC2)c1)NCC(OC)C(C)(C)C.I. The molecule has 1 aliphatic rings. The zero-order valence-electron chi connectivity index (χ0n) is 19.2. The number of guanidine groups is 1. The zero-order chi connectivity index (χ0) is 21.1. The van der Waals surface area contributed by atoms with Crippen LogP contribution in [-0.4, -0.2) is 51.6 Å². The van der Waals surface area contributed by atoms with Crippen molar-refractivity contribution in [2.24, 2.45) is 10.4 Å². The molecule has 6 nitrogen and oxygen atoms in total. The van der Waals surface area contributed by atoms with Crippen molar-refractivity contribution >= 4 is 29.9 Å². The summed E-state index contributed by atoms with van der Waals surface area (Å²) in [7, 11) is 1.76. The molecule has 1 aliphatic heterocycles. The van der Waals surface area contributed by atoms with Crippen LogP contribution in [0.4, 0.5) is 0 Å². The van der Waals surface area contributed by atoms with Gasteiger partial charge < -0.3 is 24.8 Å². The molecule has 1 heterocycles. The van der Waals surface area contributed by atoms with E-state index in [4.69, 9.17) is 19.2 Å². The Morgan fingerprint density at radius 3 is 2.53 bits per heavy atom. The Labute approximate surface area is 199 Å². The quantitative estimate of drug-likeness (QED) is 0.284. The molecule has 172 valence electrons. The van der Waals surface area contributed by atoms with E-state index in [1.165, 1.54) is 11.1 Å². The third kappa shape index (κ3) is 9.94. The number of rotatable bonds is 9. The van der Waals surface area contributed by atoms with Crippen molar-refractivity contribution in [2.75, 3.05) is 33.4 Å². The largest absolute Gasteiger partial charge is 0.381 e. The summed E-state index contributed by atoms with van der Waals surface area (Å²) in [6.45, 7) is 13.0. The second-order valence-electron chi connectivity index (χ2n) is 8.61. The molecule has 0 aromatic heterocycles. The molecule has 1 saturated heterocycles. The van der Waals surface area contributed by atoms with E-state index >= 15 is 0 Å². The van der Waals surface area contributed by atoms with Gasteiger partial charge in [0, 0.05) is 33.4 Å². The number of nitrogens with zero attached hydrogens (tertiary/aromatic N) is 1. The molecular weight excluding hydrogens is 493 g/mol. The first-order valence-electron chi connectivity index (χ1n) is 10.7. The second kappa shape index (κ2) is 14.2. The van der Waals surface area contributed by atoms with Crippen LogP contribution in [0.25, 0.3) is 0 Å². The Hall–Kier alpha value is -0.900. The standard InChI is InChI=1S/C23H39N3O3.HI/c1-6-24-22(26-16-21(27-5)23(2,3)4)25-15-18-8-7-9-19(14-18)17-29-20-10-12-28-13-11-20;/h7-9,14,20-21H,6,10-13,15-17H2,1-5H3,(H2,24,25,26);1H. The third-order valence-corrected chi connectivity index (χ3v) is 5.11. The molecular formula is C23H40IN3O3. The fraction of sp³-hybridized carbons (Fsp3) is 0.696. The van der Waals surface area contributed by atoms with Gasteiger partial charge in [0.05, 0.1) is 25.4 Å². The Morgan fingerprint density at radius 2 is 1.90 bits per heavy atom. The van der Waals surface area contributed by atoms with Crippen LogP contribution in [0.15, 0.2) is 29.3 Å². The first-order chi connectivity index (χ1) is 13.9. The number of benzene rings is 1. The average molecular weight is 533 g/mol. The molecule has 0 radical (unpaired) electrons. The Balaban J connectivity index is 0.00000450. The molecule has 2 rings (SSSR count). The van der Waals surface area contributed by atoms with Gasteiger partial charge in [-0.15, -0.1) is 24.0 Å². The number of nitrogens with one attached hydrogen (secondary N) is 2. The summed E-state index contributed by atoms with van der Waals surface area (Å²) in [5, 5.41) is 6.72. The van der Waals surface area contributed by atoms with Gasteiger partial charge in [0.15, 0.2) is 5.96 Å². The predicted molar refractivity (Wildman–Crippen MR) is 134 cm³/mol. The number of ether oxygens (including phenoxy) is 3. The fourth-order valence-corrected chi connectivity index (χ4v) is 3.32. The van der Waals surface area contributed by atoms with Crippen molar-refractivity contribution < 1.29 is 14.2 Å². The van der Waals surface area contributed by atoms with E-state index in [9.17, 15) is 0 Å². The zero-order valence-corrected chi connectivity index (χ0v) is 21.5. The minimum atomic E-state index is 0. The molecule has 0 spiro atoms. The first-order valence-corrected chi connectivity index (χ1v) is 10.7. The molecule has 1 atom stereocenters. The van der Waals surface area contributed by atoms with Gasteiger partial charge in [0.25, 0.3) is 0 Å². The van der Waals surface area contributed by atoms with Gasteiger partial charge in [-0.3, -0.25) is 0 Å². The van der Waals surface area contributed by atoms with E-state index in [0.717, 1.165) is 38.6 Å². The molecule has 0 aliphatic carbocycles. The summed E-state index contributed by atoms with van der Waals surface area (Å²) in [5.74, 6) is 0.808. The third-order valence-electron chi connectivity index (χ3n) is 5.11. The van der Waals surface area contributed by atoms with Gasteiger partial charge in [0.1, 0.15) is 0 Å². The number of halogens is 1. The van der Waals surface area contributed by atoms with Crippen LogP contribution < -0.4 is 10.6 Å². The highest BCUT2D eigenvalue weighted by molar-refractivity contribution is 14.0. The predicted octanol–water partition coefficient (Wildman–Crippen LogP) is 4.12. The smallest absolute Gasteiger partial charge is 0.191 e. The summed E-state index contributed by atoms with van der Waals surface area (Å²) in [6, 6.07) is 8.48. The second-order valence-corrected chi connectivity index (χ2v) is 8.61. The Kier molecular flexibility index (Phi) is 12.9. The maximum absolute atomic E-state index is 6.04. The van der Waals surface area contributed by atoms with Crippen LogP contribution in [0.5, 0.6) is 0 Å². The van der Waals surface area contributed by atoms with Crippen LogP contribution in [0.1, 0.15) is 51.7 Å². The van der Waals surface area contributed by atoms with Crippen LogP contribution in [0.2, 0.25) is 0 Å². The topological polar surface area (TPSA) is 64.1 Å². The van der Waals surface area contributed by atoms with Gasteiger partial charge in [-0.05, 0) is 36.3 Å². The van der Waals surface area contributed by atoms with Crippen molar-refractivity contribution in [1.29, 1.82) is 0 Å². The summed E-state index contributed by atoms with van der Waals surface area (Å²) in [5.41, 5.74) is 2.43. The van der Waals surface area contributed by atoms with Gasteiger partial charge in [-0.1, -0.05) is 45.0 Å². The van der Waals surface area contributed by atoms with Gasteiger partial charge in [-0.2, -0.15) is 0 Å². The van der Waals surface area contributed by atoms with Crippen molar-refractivity contribution in [3.05, 3.63) is 35.4 Å². The number of hydrogen-bond donors (Lipinski definition) is 2. The van der Waals surface area contributed by atoms with Gasteiger partial charge >= 0.3 is 0 Å². The lowest BCUT2D eigenvalue weighted by Crippen LogP contribution is -2.45. The van der Waals surface area contributed by atoms with Gasteiger partial charge in [-0.25, -0.2) is 4.99 Å². The van der Waals surface area contributed by atoms with Crippen molar-refractivity contribution in [3.8, 4) is 0 Å². The van der Waals surface area contributed by atoms with E-state index in [0.29, 0.717) is 25.8 Å². The fourth-order valence-electron chi connectivity index (χ4n) is 3.32. The lowest BCUT2D eigenvalue weighted by Gasteiger charge is -2.30. The highest BCUT2D eigenvalue weighted by Crippen LogP contribution is 2.21. The molecule has 30 heavy (non-hydrogen) atoms. The number of methoxy groups -OCH3 is 1. The number of aliphatic imine (C=N–C) groups is 1. The first kappa shape index (κ1) is 27.1. The molecule has 7 heteroatoms. The van der Waals surface area contributed by atoms with Gasteiger partial charge in [0.2, 0.25) is 0 Å². The maximum atomic E-state index is 6.04.